The van der Waals surface area contributed by atoms with Gasteiger partial charge in [0.05, 0.1) is 6.61 Å². The predicted molar refractivity (Wildman–Crippen MR) is 55.9 cm³/mol. The fourth-order valence-electron chi connectivity index (χ4n) is 1.25. The highest BCUT2D eigenvalue weighted by atomic mass is 19.1. The van der Waals surface area contributed by atoms with Crippen LogP contribution in [0.1, 0.15) is 5.56 Å². The van der Waals surface area contributed by atoms with Crippen LogP contribution in [-0.2, 0) is 0 Å². The largest absolute Gasteiger partial charge is 0.389 e. The topological polar surface area (TPSA) is 59.2 Å². The van der Waals surface area contributed by atoms with Gasteiger partial charge in [-0.15, -0.1) is 0 Å². The van der Waals surface area contributed by atoms with Gasteiger partial charge < -0.3 is 9.63 Å². The van der Waals surface area contributed by atoms with Crippen molar-refractivity contribution in [2.24, 2.45) is 0 Å². The van der Waals surface area contributed by atoms with Crippen LogP contribution in [0.3, 0.4) is 0 Å². The molecule has 0 saturated heterocycles. The number of aromatic nitrogens is 2. The first kappa shape index (κ1) is 10.5. The Hall–Kier alpha value is -2.01. The predicted octanol–water partition coefficient (Wildman–Crippen LogP) is 2.04. The number of aliphatic hydroxyl groups is 1. The molecule has 0 saturated carbocycles. The van der Waals surface area contributed by atoms with Crippen molar-refractivity contribution in [3.8, 4) is 11.4 Å². The van der Waals surface area contributed by atoms with Gasteiger partial charge in [0, 0.05) is 5.56 Å². The van der Waals surface area contributed by atoms with Crippen LogP contribution in [0, 0.1) is 0 Å². The smallest absolute Gasteiger partial charge is 0.214 e. The Morgan fingerprint density at radius 3 is 2.69 bits per heavy atom. The van der Waals surface area contributed by atoms with Crippen molar-refractivity contribution in [2.75, 3.05) is 6.61 Å². The van der Waals surface area contributed by atoms with Gasteiger partial charge in [-0.1, -0.05) is 29.4 Å². The molecule has 5 heteroatoms. The molecule has 0 aliphatic heterocycles. The lowest BCUT2D eigenvalue weighted by Crippen LogP contribution is -1.83. The summed E-state index contributed by atoms with van der Waals surface area (Å²) in [5.74, 6) is -0.0922. The second-order valence-electron chi connectivity index (χ2n) is 3.13. The second kappa shape index (κ2) is 4.67. The van der Waals surface area contributed by atoms with Crippen molar-refractivity contribution >= 4 is 6.08 Å². The van der Waals surface area contributed by atoms with E-state index in [9.17, 15) is 4.39 Å². The van der Waals surface area contributed by atoms with E-state index in [0.717, 1.165) is 5.56 Å². The van der Waals surface area contributed by atoms with Crippen LogP contribution >= 0.6 is 0 Å². The summed E-state index contributed by atoms with van der Waals surface area (Å²) in [4.78, 5) is 3.89. The summed E-state index contributed by atoms with van der Waals surface area (Å²) in [5, 5.41) is 12.2. The van der Waals surface area contributed by atoms with Crippen molar-refractivity contribution in [3.63, 3.8) is 0 Å². The van der Waals surface area contributed by atoms with E-state index in [-0.39, 0.29) is 0 Å². The van der Waals surface area contributed by atoms with Crippen LogP contribution in [0.5, 0.6) is 0 Å². The molecule has 16 heavy (non-hydrogen) atoms. The van der Waals surface area contributed by atoms with Crippen molar-refractivity contribution < 1.29 is 14.0 Å². The first-order valence-corrected chi connectivity index (χ1v) is 4.63. The third-order valence-electron chi connectivity index (χ3n) is 2.00. The molecule has 1 N–H and O–H groups in total. The van der Waals surface area contributed by atoms with E-state index in [2.05, 4.69) is 14.7 Å². The monoisotopic (exact) mass is 220 g/mol. The molecule has 0 unspecified atom stereocenters. The van der Waals surface area contributed by atoms with Gasteiger partial charge in [-0.05, 0) is 11.6 Å². The van der Waals surface area contributed by atoms with E-state index in [1.165, 1.54) is 12.5 Å². The molecule has 1 heterocycles. The van der Waals surface area contributed by atoms with E-state index in [1.807, 2.05) is 0 Å². The maximum Gasteiger partial charge on any atom is 0.214 e. The van der Waals surface area contributed by atoms with Crippen LogP contribution in [0.2, 0.25) is 0 Å². The van der Waals surface area contributed by atoms with Crippen LogP contribution in [0.4, 0.5) is 4.39 Å². The fourth-order valence-corrected chi connectivity index (χ4v) is 1.25. The molecule has 0 bridgehead atoms. The highest BCUT2D eigenvalue weighted by Gasteiger charge is 2.02. The third-order valence-corrected chi connectivity index (χ3v) is 2.00. The van der Waals surface area contributed by atoms with Crippen molar-refractivity contribution in [3.05, 3.63) is 42.0 Å². The number of hydrogen-bond acceptors (Lipinski definition) is 4. The van der Waals surface area contributed by atoms with Gasteiger partial charge in [0.1, 0.15) is 5.83 Å². The zero-order valence-electron chi connectivity index (χ0n) is 8.30. The molecular formula is C11H9FN2O2. The summed E-state index contributed by atoms with van der Waals surface area (Å²) in [6.45, 7) is -0.591. The summed E-state index contributed by atoms with van der Waals surface area (Å²) >= 11 is 0. The van der Waals surface area contributed by atoms with Crippen LogP contribution in [0.15, 0.2) is 41.0 Å². The van der Waals surface area contributed by atoms with Crippen LogP contribution < -0.4 is 0 Å². The van der Waals surface area contributed by atoms with Crippen molar-refractivity contribution in [1.29, 1.82) is 0 Å². The highest BCUT2D eigenvalue weighted by Crippen LogP contribution is 2.16. The lowest BCUT2D eigenvalue weighted by atomic mass is 10.1. The molecule has 0 aliphatic rings. The van der Waals surface area contributed by atoms with Crippen molar-refractivity contribution in [1.82, 2.24) is 10.1 Å². The van der Waals surface area contributed by atoms with E-state index < -0.39 is 12.4 Å². The average Bonchev–Trinajstić information content (AvgIpc) is 2.83. The zero-order chi connectivity index (χ0) is 11.4. The summed E-state index contributed by atoms with van der Waals surface area (Å²) < 4.78 is 17.4. The summed E-state index contributed by atoms with van der Waals surface area (Å²) in [7, 11) is 0. The number of hydrogen-bond donors (Lipinski definition) is 1. The minimum Gasteiger partial charge on any atom is -0.389 e. The fraction of sp³-hybridized carbons (Fsp3) is 0.0909. The first-order chi connectivity index (χ1) is 7.79. The Balaban J connectivity index is 2.23. The molecule has 0 aliphatic carbocycles. The van der Waals surface area contributed by atoms with Gasteiger partial charge in [0.2, 0.25) is 12.2 Å². The normalized spacial score (nSPS) is 11.8. The molecule has 82 valence electrons. The van der Waals surface area contributed by atoms with Gasteiger partial charge in [-0.25, -0.2) is 4.39 Å². The van der Waals surface area contributed by atoms with Gasteiger partial charge in [-0.2, -0.15) is 4.98 Å². The molecule has 0 amide bonds. The van der Waals surface area contributed by atoms with Crippen LogP contribution in [0.25, 0.3) is 17.5 Å². The molecule has 2 aromatic rings. The molecule has 2 rings (SSSR count). The van der Waals surface area contributed by atoms with Crippen LogP contribution in [-0.4, -0.2) is 21.9 Å². The minimum absolute atomic E-state index is 0.484. The standard InChI is InChI=1S/C11H9FN2O2/c12-10(6-15)5-8-1-3-9(4-2-8)11-13-7-16-14-11/h1-5,7,15H,6H2. The molecule has 1 aromatic heterocycles. The Morgan fingerprint density at radius 2 is 2.12 bits per heavy atom. The molecule has 0 fully saturated rings. The quantitative estimate of drug-likeness (QED) is 0.859. The Labute approximate surface area is 91.0 Å². The number of benzene rings is 1. The van der Waals surface area contributed by atoms with Crippen molar-refractivity contribution in [2.45, 2.75) is 0 Å². The highest BCUT2D eigenvalue weighted by molar-refractivity contribution is 5.59. The van der Waals surface area contributed by atoms with Gasteiger partial charge in [0.25, 0.3) is 0 Å². The van der Waals surface area contributed by atoms with E-state index in [4.69, 9.17) is 5.11 Å². The third kappa shape index (κ3) is 2.32. The first-order valence-electron chi connectivity index (χ1n) is 4.63. The Bertz CT molecular complexity index is 477. The molecule has 0 spiro atoms. The average molecular weight is 220 g/mol. The Morgan fingerprint density at radius 1 is 1.38 bits per heavy atom. The summed E-state index contributed by atoms with van der Waals surface area (Å²) in [6.07, 6.45) is 2.51. The molecular weight excluding hydrogens is 211 g/mol. The van der Waals surface area contributed by atoms with E-state index >= 15 is 0 Å². The second-order valence-corrected chi connectivity index (χ2v) is 3.13. The van der Waals surface area contributed by atoms with Gasteiger partial charge in [-0.3, -0.25) is 0 Å². The number of rotatable bonds is 3. The van der Waals surface area contributed by atoms with E-state index in [0.29, 0.717) is 11.4 Å². The molecule has 0 atom stereocenters. The summed E-state index contributed by atoms with van der Waals surface area (Å²) in [5.41, 5.74) is 1.45. The van der Waals surface area contributed by atoms with E-state index in [1.54, 1.807) is 24.3 Å². The molecule has 1 aromatic carbocycles. The lowest BCUT2D eigenvalue weighted by molar-refractivity contribution is 0.300. The molecule has 0 radical (unpaired) electrons. The van der Waals surface area contributed by atoms with Gasteiger partial charge in [0.15, 0.2) is 0 Å². The number of aliphatic hydroxyl groups excluding tert-OH is 1. The lowest BCUT2D eigenvalue weighted by Gasteiger charge is -1.96. The maximum absolute atomic E-state index is 12.8. The number of halogens is 1. The minimum atomic E-state index is -0.591. The zero-order valence-corrected chi connectivity index (χ0v) is 8.30. The SMILES string of the molecule is OCC(F)=Cc1ccc(-c2ncon2)cc1. The Kier molecular flexibility index (Phi) is 3.07. The summed E-state index contributed by atoms with van der Waals surface area (Å²) in [6, 6.07) is 6.92. The maximum atomic E-state index is 12.8. The van der Waals surface area contributed by atoms with Gasteiger partial charge >= 0.3 is 0 Å². The molecule has 4 nitrogen and oxygen atoms in total. The number of nitrogens with zero attached hydrogens (tertiary/aromatic N) is 2.